The van der Waals surface area contributed by atoms with Crippen LogP contribution in [0.3, 0.4) is 0 Å². The summed E-state index contributed by atoms with van der Waals surface area (Å²) in [6.07, 6.45) is -1.32. The van der Waals surface area contributed by atoms with E-state index in [2.05, 4.69) is 0 Å². The Kier molecular flexibility index (Phi) is 5.39. The molecule has 0 radical (unpaired) electrons. The Labute approximate surface area is 153 Å². The van der Waals surface area contributed by atoms with Crippen LogP contribution in [0, 0.1) is 0 Å². The Morgan fingerprint density at radius 1 is 1.20 bits per heavy atom. The molecule has 3 rings (SSSR count). The second-order valence-corrected chi connectivity index (χ2v) is 7.42. The lowest BCUT2D eigenvalue weighted by Gasteiger charge is -2.14. The van der Waals surface area contributed by atoms with Crippen LogP contribution in [-0.2, 0) is 17.4 Å². The highest BCUT2D eigenvalue weighted by Crippen LogP contribution is 2.38. The summed E-state index contributed by atoms with van der Waals surface area (Å²) in [5, 5.41) is 1.60. The molecule has 1 saturated heterocycles. The molecule has 1 aromatic heterocycles. The standard InChI is InChI=1S/C18H17ClF3NOS/c19-15-5-4-13(10-14(15)18(20,21)22)16-9-12(11-25-16)3-6-17(24)23-7-1-2-8-23/h4-5,9-11H,1-3,6-8H2. The van der Waals surface area contributed by atoms with Gasteiger partial charge in [0.2, 0.25) is 5.91 Å². The molecule has 1 aromatic carbocycles. The van der Waals surface area contributed by atoms with E-state index in [0.29, 0.717) is 18.4 Å². The number of aryl methyl sites for hydroxylation is 1. The molecule has 25 heavy (non-hydrogen) atoms. The number of carbonyl (C=O) groups excluding carboxylic acids is 1. The highest BCUT2D eigenvalue weighted by molar-refractivity contribution is 7.13. The molecule has 2 nitrogen and oxygen atoms in total. The van der Waals surface area contributed by atoms with Crippen molar-refractivity contribution in [2.45, 2.75) is 31.9 Å². The first-order valence-electron chi connectivity index (χ1n) is 8.07. The van der Waals surface area contributed by atoms with Gasteiger partial charge in [0.1, 0.15) is 0 Å². The van der Waals surface area contributed by atoms with Crippen molar-refractivity contribution in [2.75, 3.05) is 13.1 Å². The summed E-state index contributed by atoms with van der Waals surface area (Å²) in [5.74, 6) is 0.149. The number of thiophene rings is 1. The zero-order valence-electron chi connectivity index (χ0n) is 13.4. The van der Waals surface area contributed by atoms with Crippen molar-refractivity contribution in [2.24, 2.45) is 0 Å². The van der Waals surface area contributed by atoms with Gasteiger partial charge in [0, 0.05) is 24.4 Å². The van der Waals surface area contributed by atoms with Crippen LogP contribution < -0.4 is 0 Å². The van der Waals surface area contributed by atoms with Gasteiger partial charge in [0.15, 0.2) is 0 Å². The molecule has 1 amide bonds. The van der Waals surface area contributed by atoms with Crippen molar-refractivity contribution in [3.05, 3.63) is 45.8 Å². The number of alkyl halides is 3. The topological polar surface area (TPSA) is 20.3 Å². The van der Waals surface area contributed by atoms with Crippen LogP contribution >= 0.6 is 22.9 Å². The van der Waals surface area contributed by atoms with E-state index in [0.717, 1.165) is 42.4 Å². The summed E-state index contributed by atoms with van der Waals surface area (Å²) in [6, 6.07) is 5.79. The normalized spacial score (nSPS) is 15.0. The van der Waals surface area contributed by atoms with Gasteiger partial charge >= 0.3 is 6.18 Å². The number of hydrogen-bond acceptors (Lipinski definition) is 2. The number of nitrogens with zero attached hydrogens (tertiary/aromatic N) is 1. The number of benzene rings is 1. The molecule has 7 heteroatoms. The fourth-order valence-electron chi connectivity index (χ4n) is 2.93. The fraction of sp³-hybridized carbons (Fsp3) is 0.389. The molecule has 1 aliphatic heterocycles. The average molecular weight is 388 g/mol. The molecular formula is C18H17ClF3NOS. The van der Waals surface area contributed by atoms with Crippen LogP contribution in [0.25, 0.3) is 10.4 Å². The molecule has 134 valence electrons. The number of carbonyl (C=O) groups is 1. The Balaban J connectivity index is 1.70. The van der Waals surface area contributed by atoms with E-state index in [1.54, 1.807) is 6.07 Å². The molecule has 0 spiro atoms. The SMILES string of the molecule is O=C(CCc1csc(-c2ccc(Cl)c(C(F)(F)F)c2)c1)N1CCCC1. The summed E-state index contributed by atoms with van der Waals surface area (Å²) in [6.45, 7) is 1.66. The Morgan fingerprint density at radius 3 is 2.60 bits per heavy atom. The maximum absolute atomic E-state index is 13.0. The minimum atomic E-state index is -4.48. The lowest BCUT2D eigenvalue weighted by molar-refractivity contribution is -0.137. The highest BCUT2D eigenvalue weighted by atomic mass is 35.5. The van der Waals surface area contributed by atoms with Gasteiger partial charge in [-0.05, 0) is 54.0 Å². The van der Waals surface area contributed by atoms with Crippen molar-refractivity contribution in [3.63, 3.8) is 0 Å². The summed E-state index contributed by atoms with van der Waals surface area (Å²) in [5.41, 5.74) is 0.626. The van der Waals surface area contributed by atoms with Gasteiger partial charge in [-0.3, -0.25) is 4.79 Å². The summed E-state index contributed by atoms with van der Waals surface area (Å²) >= 11 is 7.04. The van der Waals surface area contributed by atoms with Crippen molar-refractivity contribution in [1.82, 2.24) is 4.90 Å². The summed E-state index contributed by atoms with van der Waals surface area (Å²) in [4.78, 5) is 14.7. The van der Waals surface area contributed by atoms with Crippen LogP contribution in [0.1, 0.15) is 30.4 Å². The van der Waals surface area contributed by atoms with E-state index in [4.69, 9.17) is 11.6 Å². The summed E-state index contributed by atoms with van der Waals surface area (Å²) in [7, 11) is 0. The second kappa shape index (κ2) is 7.38. The first-order valence-corrected chi connectivity index (χ1v) is 9.32. The predicted molar refractivity (Wildman–Crippen MR) is 93.9 cm³/mol. The first-order chi connectivity index (χ1) is 11.8. The molecule has 1 fully saturated rings. The van der Waals surface area contributed by atoms with Crippen LogP contribution in [0.4, 0.5) is 13.2 Å². The van der Waals surface area contributed by atoms with Gasteiger partial charge < -0.3 is 4.90 Å². The average Bonchev–Trinajstić information content (AvgIpc) is 3.24. The maximum Gasteiger partial charge on any atom is 0.417 e. The van der Waals surface area contributed by atoms with Gasteiger partial charge in [-0.15, -0.1) is 11.3 Å². The molecule has 0 atom stereocenters. The molecule has 2 aromatic rings. The fourth-order valence-corrected chi connectivity index (χ4v) is 4.10. The van der Waals surface area contributed by atoms with Crippen molar-refractivity contribution < 1.29 is 18.0 Å². The van der Waals surface area contributed by atoms with Crippen LogP contribution in [0.2, 0.25) is 5.02 Å². The van der Waals surface area contributed by atoms with Crippen LogP contribution in [-0.4, -0.2) is 23.9 Å². The molecule has 0 saturated carbocycles. The van der Waals surface area contributed by atoms with E-state index in [-0.39, 0.29) is 10.9 Å². The van der Waals surface area contributed by atoms with Crippen LogP contribution in [0.15, 0.2) is 29.6 Å². The molecule has 0 unspecified atom stereocenters. The minimum absolute atomic E-state index is 0.149. The van der Waals surface area contributed by atoms with Crippen molar-refractivity contribution in [3.8, 4) is 10.4 Å². The number of hydrogen-bond donors (Lipinski definition) is 0. The third kappa shape index (κ3) is 4.36. The highest BCUT2D eigenvalue weighted by Gasteiger charge is 2.33. The van der Waals surface area contributed by atoms with E-state index in [1.165, 1.54) is 17.4 Å². The lowest BCUT2D eigenvalue weighted by atomic mass is 10.1. The van der Waals surface area contributed by atoms with E-state index < -0.39 is 11.7 Å². The van der Waals surface area contributed by atoms with Gasteiger partial charge in [-0.25, -0.2) is 0 Å². The van der Waals surface area contributed by atoms with E-state index in [9.17, 15) is 18.0 Å². The van der Waals surface area contributed by atoms with Gasteiger partial charge in [-0.1, -0.05) is 17.7 Å². The molecule has 0 aliphatic carbocycles. The second-order valence-electron chi connectivity index (χ2n) is 6.10. The number of likely N-dealkylation sites (tertiary alicyclic amines) is 1. The van der Waals surface area contributed by atoms with Gasteiger partial charge in [0.25, 0.3) is 0 Å². The lowest BCUT2D eigenvalue weighted by Crippen LogP contribution is -2.27. The summed E-state index contributed by atoms with van der Waals surface area (Å²) < 4.78 is 39.0. The molecule has 0 N–H and O–H groups in total. The minimum Gasteiger partial charge on any atom is -0.343 e. The third-order valence-corrected chi connectivity index (χ3v) is 5.65. The smallest absolute Gasteiger partial charge is 0.343 e. The van der Waals surface area contributed by atoms with Crippen LogP contribution in [0.5, 0.6) is 0 Å². The largest absolute Gasteiger partial charge is 0.417 e. The molecule has 0 bridgehead atoms. The van der Waals surface area contributed by atoms with Gasteiger partial charge in [0.05, 0.1) is 10.6 Å². The van der Waals surface area contributed by atoms with Crippen molar-refractivity contribution in [1.29, 1.82) is 0 Å². The monoisotopic (exact) mass is 387 g/mol. The number of halogens is 4. The van der Waals surface area contributed by atoms with E-state index in [1.807, 2.05) is 16.3 Å². The quantitative estimate of drug-likeness (QED) is 0.664. The Morgan fingerprint density at radius 2 is 1.92 bits per heavy atom. The molecule has 1 aliphatic rings. The predicted octanol–water partition coefficient (Wildman–Crippen LogP) is 5.64. The third-order valence-electron chi connectivity index (χ3n) is 4.30. The van der Waals surface area contributed by atoms with Gasteiger partial charge in [-0.2, -0.15) is 13.2 Å². The number of rotatable bonds is 4. The first kappa shape index (κ1) is 18.3. The molecular weight excluding hydrogens is 371 g/mol. The number of amides is 1. The zero-order valence-corrected chi connectivity index (χ0v) is 15.0. The van der Waals surface area contributed by atoms with E-state index >= 15 is 0 Å². The molecule has 2 heterocycles. The zero-order chi connectivity index (χ0) is 18.0. The van der Waals surface area contributed by atoms with Crippen molar-refractivity contribution >= 4 is 28.8 Å². The maximum atomic E-state index is 13.0. The Hall–Kier alpha value is -1.53. The Bertz CT molecular complexity index is 766.